The van der Waals surface area contributed by atoms with E-state index in [-0.39, 0.29) is 33.8 Å². The molecule has 3 nitrogen and oxygen atoms in total. The first-order chi connectivity index (χ1) is 34.3. The van der Waals surface area contributed by atoms with Gasteiger partial charge in [0.05, 0.1) is 16.7 Å². The average molecular weight is 954 g/mol. The van der Waals surface area contributed by atoms with E-state index >= 15 is 0 Å². The zero-order valence-corrected chi connectivity index (χ0v) is 46.3. The van der Waals surface area contributed by atoms with E-state index in [9.17, 15) is 0 Å². The van der Waals surface area contributed by atoms with Crippen molar-refractivity contribution in [3.8, 4) is 16.8 Å². The molecule has 2 aliphatic heterocycles. The molecular formula is C69H72BN3. The maximum absolute atomic E-state index is 2.69. The van der Waals surface area contributed by atoms with E-state index in [0.29, 0.717) is 0 Å². The lowest BCUT2D eigenvalue weighted by molar-refractivity contribution is 0.589. The van der Waals surface area contributed by atoms with Crippen LogP contribution in [0.1, 0.15) is 141 Å². The molecule has 0 spiro atoms. The van der Waals surface area contributed by atoms with Crippen LogP contribution in [0.15, 0.2) is 146 Å². The fourth-order valence-corrected chi connectivity index (χ4v) is 12.8. The van der Waals surface area contributed by atoms with E-state index in [1.807, 2.05) is 0 Å². The molecule has 9 aromatic rings. The molecule has 0 bridgehead atoms. The first kappa shape index (κ1) is 47.2. The molecule has 3 aliphatic rings. The predicted molar refractivity (Wildman–Crippen MR) is 317 cm³/mol. The maximum Gasteiger partial charge on any atom is 0.252 e. The SMILES string of the molecule is Cc1cc(C(C)(C)C)cc(C)c1N1c2cc3c(cc2B2c4ccc(C(C)(C)C)cc4N(c4ccc5c(c4)C(C)(C)c4ccccc4-5)c4cc(C(C)(C)C)cc1c42)c1cc(C(C)(C)C)ccc1n3-c1ccccc1. The summed E-state index contributed by atoms with van der Waals surface area (Å²) >= 11 is 0. The first-order valence-corrected chi connectivity index (χ1v) is 26.8. The van der Waals surface area contributed by atoms with E-state index in [2.05, 4.69) is 271 Å². The molecule has 8 aromatic carbocycles. The van der Waals surface area contributed by atoms with Gasteiger partial charge >= 0.3 is 0 Å². The molecule has 0 N–H and O–H groups in total. The van der Waals surface area contributed by atoms with Gasteiger partial charge in [0.15, 0.2) is 0 Å². The molecule has 0 saturated carbocycles. The number of anilines is 6. The number of aryl methyl sites for hydroxylation is 2. The van der Waals surface area contributed by atoms with Crippen LogP contribution in [0.2, 0.25) is 0 Å². The first-order valence-electron chi connectivity index (χ1n) is 26.8. The van der Waals surface area contributed by atoms with Crippen molar-refractivity contribution in [2.45, 2.75) is 138 Å². The van der Waals surface area contributed by atoms with Crippen molar-refractivity contribution in [2.75, 3.05) is 9.80 Å². The van der Waals surface area contributed by atoms with E-state index in [4.69, 9.17) is 0 Å². The van der Waals surface area contributed by atoms with E-state index in [1.165, 1.54) is 134 Å². The molecular weight excluding hydrogens is 882 g/mol. The molecule has 4 heteroatoms. The monoisotopic (exact) mass is 954 g/mol. The number of fused-ring (bicyclic) bond motifs is 10. The van der Waals surface area contributed by atoms with Crippen LogP contribution in [0.5, 0.6) is 0 Å². The summed E-state index contributed by atoms with van der Waals surface area (Å²) in [5.74, 6) is 0. The number of hydrogen-bond donors (Lipinski definition) is 0. The Balaban J connectivity index is 1.24. The summed E-state index contributed by atoms with van der Waals surface area (Å²) in [6.07, 6.45) is 0. The highest BCUT2D eigenvalue weighted by atomic mass is 15.2. The summed E-state index contributed by atoms with van der Waals surface area (Å²) in [6, 6.07) is 57.3. The third-order valence-corrected chi connectivity index (χ3v) is 17.0. The molecule has 3 heterocycles. The van der Waals surface area contributed by atoms with Gasteiger partial charge in [0.2, 0.25) is 0 Å². The Morgan fingerprint density at radius 3 is 1.59 bits per heavy atom. The molecule has 0 unspecified atom stereocenters. The Kier molecular flexibility index (Phi) is 10.1. The van der Waals surface area contributed by atoms with Gasteiger partial charge in [0.1, 0.15) is 0 Å². The van der Waals surface area contributed by atoms with Gasteiger partial charge in [-0.3, -0.25) is 0 Å². The van der Waals surface area contributed by atoms with Crippen molar-refractivity contribution in [3.05, 3.63) is 190 Å². The van der Waals surface area contributed by atoms with Crippen LogP contribution < -0.4 is 26.2 Å². The van der Waals surface area contributed by atoms with Crippen molar-refractivity contribution < 1.29 is 0 Å². The molecule has 0 atom stereocenters. The fourth-order valence-electron chi connectivity index (χ4n) is 12.8. The largest absolute Gasteiger partial charge is 0.311 e. The van der Waals surface area contributed by atoms with Gasteiger partial charge < -0.3 is 14.4 Å². The summed E-state index contributed by atoms with van der Waals surface area (Å²) in [5.41, 5.74) is 28.1. The van der Waals surface area contributed by atoms with E-state index in [0.717, 1.165) is 0 Å². The molecule has 0 saturated heterocycles. The minimum atomic E-state index is -0.150. The third-order valence-electron chi connectivity index (χ3n) is 17.0. The molecule has 0 amide bonds. The number of rotatable bonds is 3. The fraction of sp³-hybridized carbons (Fsp3) is 0.304. The molecule has 1 aliphatic carbocycles. The van der Waals surface area contributed by atoms with E-state index < -0.39 is 0 Å². The van der Waals surface area contributed by atoms with Gasteiger partial charge in [0, 0.05) is 50.3 Å². The third kappa shape index (κ3) is 7.13. The smallest absolute Gasteiger partial charge is 0.252 e. The van der Waals surface area contributed by atoms with Crippen LogP contribution in [0.4, 0.5) is 34.1 Å². The molecule has 0 radical (unpaired) electrons. The second kappa shape index (κ2) is 15.6. The number of para-hydroxylation sites is 1. The maximum atomic E-state index is 2.69. The second-order valence-electron chi connectivity index (χ2n) is 26.5. The summed E-state index contributed by atoms with van der Waals surface area (Å²) < 4.78 is 2.52. The van der Waals surface area contributed by atoms with Gasteiger partial charge in [-0.05, 0) is 168 Å². The average Bonchev–Trinajstić information content (AvgIpc) is 3.76. The summed E-state index contributed by atoms with van der Waals surface area (Å²) in [5, 5.41) is 2.58. The lowest BCUT2D eigenvalue weighted by Gasteiger charge is -2.46. The zero-order chi connectivity index (χ0) is 51.6. The number of benzene rings is 8. The second-order valence-corrected chi connectivity index (χ2v) is 26.5. The molecule has 1 aromatic heterocycles. The Morgan fingerprint density at radius 2 is 0.932 bits per heavy atom. The Hall–Kier alpha value is -6.78. The summed E-state index contributed by atoms with van der Waals surface area (Å²) in [4.78, 5) is 5.36. The van der Waals surface area contributed by atoms with E-state index in [1.54, 1.807) is 0 Å². The van der Waals surface area contributed by atoms with Crippen LogP contribution in [0.25, 0.3) is 38.6 Å². The van der Waals surface area contributed by atoms with Crippen molar-refractivity contribution in [2.24, 2.45) is 0 Å². The van der Waals surface area contributed by atoms with Crippen molar-refractivity contribution in [1.82, 2.24) is 4.57 Å². The molecule has 73 heavy (non-hydrogen) atoms. The van der Waals surface area contributed by atoms with Gasteiger partial charge in [0.25, 0.3) is 6.71 Å². The highest BCUT2D eigenvalue weighted by molar-refractivity contribution is 7.00. The van der Waals surface area contributed by atoms with Crippen LogP contribution in [-0.4, -0.2) is 11.3 Å². The summed E-state index contributed by atoms with van der Waals surface area (Å²) in [7, 11) is 0. The highest BCUT2D eigenvalue weighted by Crippen LogP contribution is 2.53. The van der Waals surface area contributed by atoms with Crippen LogP contribution in [-0.2, 0) is 27.1 Å². The number of hydrogen-bond acceptors (Lipinski definition) is 2. The van der Waals surface area contributed by atoms with Crippen LogP contribution in [0, 0.1) is 13.8 Å². The quantitative estimate of drug-likeness (QED) is 0.164. The number of nitrogens with zero attached hydrogens (tertiary/aromatic N) is 3. The van der Waals surface area contributed by atoms with Crippen LogP contribution >= 0.6 is 0 Å². The Labute approximate surface area is 436 Å². The highest BCUT2D eigenvalue weighted by Gasteiger charge is 2.46. The lowest BCUT2D eigenvalue weighted by Crippen LogP contribution is -2.61. The summed E-state index contributed by atoms with van der Waals surface area (Å²) in [6.45, 7) is 37.7. The lowest BCUT2D eigenvalue weighted by atomic mass is 9.33. The molecule has 12 rings (SSSR count). The minimum absolute atomic E-state index is 0.000867. The Bertz CT molecular complexity index is 3760. The van der Waals surface area contributed by atoms with Crippen molar-refractivity contribution in [1.29, 1.82) is 0 Å². The zero-order valence-electron chi connectivity index (χ0n) is 46.3. The van der Waals surface area contributed by atoms with Gasteiger partial charge in [-0.25, -0.2) is 0 Å². The molecule has 366 valence electrons. The molecule has 0 fully saturated rings. The Morgan fingerprint density at radius 1 is 0.397 bits per heavy atom. The number of aromatic nitrogens is 1. The van der Waals surface area contributed by atoms with Gasteiger partial charge in [-0.2, -0.15) is 0 Å². The topological polar surface area (TPSA) is 11.4 Å². The van der Waals surface area contributed by atoms with Gasteiger partial charge in [-0.1, -0.05) is 182 Å². The van der Waals surface area contributed by atoms with Crippen molar-refractivity contribution >= 4 is 79.0 Å². The minimum Gasteiger partial charge on any atom is -0.311 e. The van der Waals surface area contributed by atoms with Gasteiger partial charge in [-0.15, -0.1) is 0 Å². The standard InChI is InChI=1S/C69H72BN3/c1-41-32-45(67(9,10)11)33-42(2)64(41)73-60-40-58-52(51-34-43(65(3,4)5)27-31-57(51)71(58)47-22-18-17-19-23-47)39-56(60)70-55-30-26-44(66(6,7)8)35-59(55)72(61-36-46(68(12,13)14)37-62(73)63(61)70)48-28-29-50-49-24-20-21-25-53(49)69(15,16)54(50)38-48/h17-40H,1-16H3. The predicted octanol–water partition coefficient (Wildman–Crippen LogP) is 17.0. The normalized spacial score (nSPS) is 14.9. The van der Waals surface area contributed by atoms with Crippen molar-refractivity contribution in [3.63, 3.8) is 0 Å². The van der Waals surface area contributed by atoms with Crippen LogP contribution in [0.3, 0.4) is 0 Å².